The third-order valence-corrected chi connectivity index (χ3v) is 3.76. The van der Waals surface area contributed by atoms with E-state index in [9.17, 15) is 19.2 Å². The van der Waals surface area contributed by atoms with Gasteiger partial charge in [-0.2, -0.15) is 4.73 Å². The molecule has 26 heavy (non-hydrogen) atoms. The normalized spacial score (nSPS) is 11.7. The van der Waals surface area contributed by atoms with Gasteiger partial charge in [-0.05, 0) is 32.0 Å². The molecule has 0 aliphatic carbocycles. The molecule has 0 radical (unpaired) electrons. The van der Waals surface area contributed by atoms with Gasteiger partial charge < -0.3 is 15.4 Å². The van der Waals surface area contributed by atoms with Crippen molar-refractivity contribution in [3.63, 3.8) is 0 Å². The van der Waals surface area contributed by atoms with Crippen molar-refractivity contribution in [3.05, 3.63) is 65.1 Å². The van der Waals surface area contributed by atoms with Crippen LogP contribution in [0.3, 0.4) is 0 Å². The first kappa shape index (κ1) is 19.3. The Kier molecular flexibility index (Phi) is 6.60. The van der Waals surface area contributed by atoms with Gasteiger partial charge in [-0.25, -0.2) is 4.39 Å². The summed E-state index contributed by atoms with van der Waals surface area (Å²) >= 11 is 0. The average molecular weight is 360 g/mol. The molecular weight excluding hydrogens is 339 g/mol. The predicted octanol–water partition coefficient (Wildman–Crippen LogP) is 1.06. The zero-order chi connectivity index (χ0) is 19.1. The number of hydrogen-bond donors (Lipinski definition) is 1. The van der Waals surface area contributed by atoms with Crippen LogP contribution in [0, 0.1) is 11.0 Å². The summed E-state index contributed by atoms with van der Waals surface area (Å²) in [5.74, 6) is -0.999. The van der Waals surface area contributed by atoms with E-state index in [1.807, 2.05) is 6.92 Å². The lowest BCUT2D eigenvalue weighted by atomic mass is 10.2. The van der Waals surface area contributed by atoms with Gasteiger partial charge in [-0.15, -0.1) is 0 Å². The van der Waals surface area contributed by atoms with Crippen LogP contribution in [-0.4, -0.2) is 40.8 Å². The molecule has 1 unspecified atom stereocenters. The van der Waals surface area contributed by atoms with Crippen LogP contribution >= 0.6 is 0 Å². The summed E-state index contributed by atoms with van der Waals surface area (Å²) in [5, 5.41) is 14.0. The van der Waals surface area contributed by atoms with Crippen molar-refractivity contribution in [1.29, 1.82) is 0 Å². The molecule has 1 N–H and O–H groups in total. The lowest BCUT2D eigenvalue weighted by Crippen LogP contribution is -2.45. The molecule has 0 fully saturated rings. The number of pyridine rings is 2. The third kappa shape index (κ3) is 5.51. The van der Waals surface area contributed by atoms with Gasteiger partial charge in [0, 0.05) is 30.9 Å². The summed E-state index contributed by atoms with van der Waals surface area (Å²) in [6.45, 7) is 4.39. The zero-order valence-corrected chi connectivity index (χ0v) is 14.7. The maximum absolute atomic E-state index is 12.9. The van der Waals surface area contributed by atoms with E-state index in [2.05, 4.69) is 10.3 Å². The van der Waals surface area contributed by atoms with Crippen LogP contribution in [0.4, 0.5) is 4.39 Å². The average Bonchev–Trinajstić information content (AvgIpc) is 2.61. The molecule has 2 amide bonds. The number of hydrogen-bond acceptors (Lipinski definition) is 4. The molecule has 0 spiro atoms. The third-order valence-electron chi connectivity index (χ3n) is 3.76. The van der Waals surface area contributed by atoms with Crippen molar-refractivity contribution in [2.75, 3.05) is 13.1 Å². The Hall–Kier alpha value is -3.03. The van der Waals surface area contributed by atoms with Gasteiger partial charge in [0.05, 0.1) is 12.6 Å². The first-order valence-electron chi connectivity index (χ1n) is 8.27. The zero-order valence-electron chi connectivity index (χ0n) is 14.7. The highest BCUT2D eigenvalue weighted by Crippen LogP contribution is 2.04. The number of carbonyl (C=O) groups is 2. The summed E-state index contributed by atoms with van der Waals surface area (Å²) < 4.78 is 13.4. The Balaban J connectivity index is 1.92. The molecular formula is C18H21FN4O3. The Labute approximate surface area is 151 Å². The molecule has 7 nitrogen and oxygen atoms in total. The maximum Gasteiger partial charge on any atom is 0.257 e. The lowest BCUT2D eigenvalue weighted by Gasteiger charge is -2.25. The van der Waals surface area contributed by atoms with Gasteiger partial charge in [-0.3, -0.25) is 14.6 Å². The van der Waals surface area contributed by atoms with Crippen LogP contribution in [0.25, 0.3) is 0 Å². The molecule has 2 rings (SSSR count). The number of amides is 2. The standard InChI is InChI=1S/C18H21FN4O3/c1-3-22(17(24)9-16-7-6-15(19)10-20-16)11-13(2)21-18(25)14-5-4-8-23(26)12-14/h4-8,10,12-13H,3,9,11H2,1-2H3,(H,21,25). The minimum Gasteiger partial charge on any atom is -0.619 e. The first-order chi connectivity index (χ1) is 12.4. The van der Waals surface area contributed by atoms with Gasteiger partial charge in [0.2, 0.25) is 5.91 Å². The second-order valence-corrected chi connectivity index (χ2v) is 5.90. The topological polar surface area (TPSA) is 89.2 Å². The number of rotatable bonds is 7. The molecule has 138 valence electrons. The summed E-state index contributed by atoms with van der Waals surface area (Å²) in [6.07, 6.45) is 3.61. The van der Waals surface area contributed by atoms with Gasteiger partial charge in [0.1, 0.15) is 11.4 Å². The van der Waals surface area contributed by atoms with E-state index in [-0.39, 0.29) is 29.8 Å². The van der Waals surface area contributed by atoms with Crippen LogP contribution in [0.15, 0.2) is 42.9 Å². The molecule has 0 aromatic carbocycles. The number of halogens is 1. The van der Waals surface area contributed by atoms with E-state index >= 15 is 0 Å². The van der Waals surface area contributed by atoms with Crippen LogP contribution in [0.2, 0.25) is 0 Å². The van der Waals surface area contributed by atoms with Crippen molar-refractivity contribution in [2.24, 2.45) is 0 Å². The SMILES string of the molecule is CCN(CC(C)NC(=O)c1ccc[n+]([O-])c1)C(=O)Cc1ccc(F)cn1. The largest absolute Gasteiger partial charge is 0.619 e. The van der Waals surface area contributed by atoms with Crippen LogP contribution in [-0.2, 0) is 11.2 Å². The van der Waals surface area contributed by atoms with E-state index < -0.39 is 5.82 Å². The van der Waals surface area contributed by atoms with Gasteiger partial charge in [0.25, 0.3) is 5.91 Å². The van der Waals surface area contributed by atoms with Crippen molar-refractivity contribution in [3.8, 4) is 0 Å². The summed E-state index contributed by atoms with van der Waals surface area (Å²) in [6, 6.07) is 5.45. The fourth-order valence-corrected chi connectivity index (χ4v) is 2.46. The molecule has 2 aromatic rings. The number of carbonyl (C=O) groups excluding carboxylic acids is 2. The molecule has 0 bridgehead atoms. The predicted molar refractivity (Wildman–Crippen MR) is 92.5 cm³/mol. The van der Waals surface area contributed by atoms with Crippen molar-refractivity contribution < 1.29 is 18.7 Å². The van der Waals surface area contributed by atoms with Gasteiger partial charge in [0.15, 0.2) is 12.4 Å². The van der Waals surface area contributed by atoms with E-state index in [0.717, 1.165) is 6.20 Å². The second-order valence-electron chi connectivity index (χ2n) is 5.90. The van der Waals surface area contributed by atoms with Crippen LogP contribution in [0.1, 0.15) is 29.9 Å². The Bertz CT molecular complexity index is 767. The van der Waals surface area contributed by atoms with Crippen molar-refractivity contribution in [2.45, 2.75) is 26.3 Å². The number of nitrogens with one attached hydrogen (secondary N) is 1. The Morgan fingerprint density at radius 2 is 2.15 bits per heavy atom. The second kappa shape index (κ2) is 8.89. The van der Waals surface area contributed by atoms with Crippen LogP contribution in [0.5, 0.6) is 0 Å². The lowest BCUT2D eigenvalue weighted by molar-refractivity contribution is -0.605. The van der Waals surface area contributed by atoms with E-state index in [0.29, 0.717) is 23.5 Å². The van der Waals surface area contributed by atoms with E-state index in [1.54, 1.807) is 17.9 Å². The van der Waals surface area contributed by atoms with Crippen molar-refractivity contribution >= 4 is 11.8 Å². The molecule has 8 heteroatoms. The summed E-state index contributed by atoms with van der Waals surface area (Å²) in [5.41, 5.74) is 0.732. The maximum atomic E-state index is 12.9. The molecule has 2 aromatic heterocycles. The summed E-state index contributed by atoms with van der Waals surface area (Å²) in [7, 11) is 0. The monoisotopic (exact) mass is 360 g/mol. The molecule has 0 saturated carbocycles. The molecule has 0 aliphatic rings. The highest BCUT2D eigenvalue weighted by atomic mass is 19.1. The minimum absolute atomic E-state index is 0.0592. The Morgan fingerprint density at radius 1 is 1.38 bits per heavy atom. The number of aromatic nitrogens is 2. The van der Waals surface area contributed by atoms with E-state index in [4.69, 9.17) is 0 Å². The number of likely N-dealkylation sites (N-methyl/N-ethyl adjacent to an activating group) is 1. The minimum atomic E-state index is -0.454. The highest BCUT2D eigenvalue weighted by Gasteiger charge is 2.18. The fraction of sp³-hybridized carbons (Fsp3) is 0.333. The molecule has 0 aliphatic heterocycles. The molecule has 1 atom stereocenters. The molecule has 0 saturated heterocycles. The molecule has 2 heterocycles. The first-order valence-corrected chi connectivity index (χ1v) is 8.27. The van der Waals surface area contributed by atoms with E-state index in [1.165, 1.54) is 30.6 Å². The van der Waals surface area contributed by atoms with Gasteiger partial charge in [-0.1, -0.05) is 0 Å². The quantitative estimate of drug-likeness (QED) is 0.591. The fourth-order valence-electron chi connectivity index (χ4n) is 2.46. The summed E-state index contributed by atoms with van der Waals surface area (Å²) in [4.78, 5) is 30.0. The van der Waals surface area contributed by atoms with Crippen LogP contribution < -0.4 is 10.0 Å². The van der Waals surface area contributed by atoms with Crippen molar-refractivity contribution in [1.82, 2.24) is 15.2 Å². The van der Waals surface area contributed by atoms with Gasteiger partial charge >= 0.3 is 0 Å². The smallest absolute Gasteiger partial charge is 0.257 e. The Morgan fingerprint density at radius 3 is 2.77 bits per heavy atom. The highest BCUT2D eigenvalue weighted by molar-refractivity contribution is 5.93. The number of nitrogens with zero attached hydrogens (tertiary/aromatic N) is 3.